The Kier molecular flexibility index (Phi) is 3.75. The lowest BCUT2D eigenvalue weighted by atomic mass is 9.66. The lowest BCUT2D eigenvalue weighted by Crippen LogP contribution is -2.35. The quantitative estimate of drug-likeness (QED) is 0.641. The van der Waals surface area contributed by atoms with Crippen molar-refractivity contribution in [2.75, 3.05) is 0 Å². The van der Waals surface area contributed by atoms with Gasteiger partial charge in [0, 0.05) is 12.3 Å². The molecule has 0 N–H and O–H groups in total. The fraction of sp³-hybridized carbons (Fsp3) is 0.786. The molecular weight excluding hydrogens is 184 g/mol. The molecule has 0 aliphatic heterocycles. The van der Waals surface area contributed by atoms with Gasteiger partial charge in [-0.1, -0.05) is 26.3 Å². The second kappa shape index (κ2) is 4.51. The number of ketones is 1. The Morgan fingerprint density at radius 2 is 2.07 bits per heavy atom. The van der Waals surface area contributed by atoms with Gasteiger partial charge in [-0.25, -0.2) is 0 Å². The molecule has 15 heavy (non-hydrogen) atoms. The summed E-state index contributed by atoms with van der Waals surface area (Å²) < 4.78 is 0. The normalized spacial score (nSPS) is 27.9. The Morgan fingerprint density at radius 1 is 1.47 bits per heavy atom. The average Bonchev–Trinajstić information content (AvgIpc) is 1.99. The maximum absolute atomic E-state index is 12.0. The van der Waals surface area contributed by atoms with E-state index in [2.05, 4.69) is 34.3 Å². The van der Waals surface area contributed by atoms with Crippen LogP contribution in [0.1, 0.15) is 53.4 Å². The molecule has 1 heteroatoms. The van der Waals surface area contributed by atoms with Gasteiger partial charge in [-0.2, -0.15) is 0 Å². The van der Waals surface area contributed by atoms with E-state index >= 15 is 0 Å². The summed E-state index contributed by atoms with van der Waals surface area (Å²) in [5, 5.41) is 0. The van der Waals surface area contributed by atoms with Gasteiger partial charge in [0.15, 0.2) is 0 Å². The van der Waals surface area contributed by atoms with Crippen LogP contribution in [0.3, 0.4) is 0 Å². The smallest absolute Gasteiger partial charge is 0.136 e. The summed E-state index contributed by atoms with van der Waals surface area (Å²) in [4.78, 5) is 12.0. The molecule has 1 nitrogen and oxygen atoms in total. The second-order valence-electron chi connectivity index (χ2n) is 6.03. The van der Waals surface area contributed by atoms with Crippen molar-refractivity contribution >= 4 is 5.78 Å². The summed E-state index contributed by atoms with van der Waals surface area (Å²) >= 11 is 0. The number of carbonyl (C=O) groups is 1. The highest BCUT2D eigenvalue weighted by atomic mass is 16.1. The Hall–Kier alpha value is -0.590. The summed E-state index contributed by atoms with van der Waals surface area (Å²) in [6.07, 6.45) is 4.03. The van der Waals surface area contributed by atoms with E-state index in [1.807, 2.05) is 0 Å². The molecule has 0 amide bonds. The molecule has 0 spiro atoms. The first kappa shape index (κ1) is 12.5. The Morgan fingerprint density at radius 3 is 2.53 bits per heavy atom. The van der Waals surface area contributed by atoms with E-state index in [0.29, 0.717) is 11.7 Å². The Labute approximate surface area is 93.9 Å². The highest BCUT2D eigenvalue weighted by molar-refractivity contribution is 5.82. The first-order chi connectivity index (χ1) is 6.83. The molecule has 1 fully saturated rings. The molecule has 0 aromatic rings. The molecule has 1 rings (SSSR count). The molecule has 0 aromatic heterocycles. The van der Waals surface area contributed by atoms with Crippen LogP contribution in [0.5, 0.6) is 0 Å². The maximum Gasteiger partial charge on any atom is 0.136 e. The van der Waals surface area contributed by atoms with Crippen LogP contribution >= 0.6 is 0 Å². The topological polar surface area (TPSA) is 17.1 Å². The summed E-state index contributed by atoms with van der Waals surface area (Å²) in [6.45, 7) is 12.6. The van der Waals surface area contributed by atoms with E-state index in [1.165, 1.54) is 12.0 Å². The number of allylic oxidation sites excluding steroid dienone is 1. The van der Waals surface area contributed by atoms with Crippen LogP contribution in [-0.4, -0.2) is 5.78 Å². The van der Waals surface area contributed by atoms with E-state index in [-0.39, 0.29) is 11.3 Å². The van der Waals surface area contributed by atoms with Crippen molar-refractivity contribution < 1.29 is 4.79 Å². The van der Waals surface area contributed by atoms with Crippen LogP contribution < -0.4 is 0 Å². The number of carbonyl (C=O) groups excluding carboxylic acids is 1. The van der Waals surface area contributed by atoms with Gasteiger partial charge in [0.1, 0.15) is 5.78 Å². The fourth-order valence-corrected chi connectivity index (χ4v) is 2.93. The Bertz CT molecular complexity index is 263. The van der Waals surface area contributed by atoms with Gasteiger partial charge < -0.3 is 0 Å². The molecule has 1 saturated carbocycles. The molecule has 2 atom stereocenters. The summed E-state index contributed by atoms with van der Waals surface area (Å²) in [5.41, 5.74) is 1.29. The monoisotopic (exact) mass is 208 g/mol. The molecule has 0 unspecified atom stereocenters. The zero-order chi connectivity index (χ0) is 11.6. The molecule has 0 saturated heterocycles. The second-order valence-corrected chi connectivity index (χ2v) is 6.03. The molecule has 1 aliphatic rings. The minimum Gasteiger partial charge on any atom is -0.299 e. The van der Waals surface area contributed by atoms with E-state index in [9.17, 15) is 4.79 Å². The van der Waals surface area contributed by atoms with Crippen LogP contribution in [0.2, 0.25) is 0 Å². The highest BCUT2D eigenvalue weighted by Gasteiger charge is 2.37. The van der Waals surface area contributed by atoms with Crippen molar-refractivity contribution in [1.29, 1.82) is 0 Å². The molecule has 86 valence electrons. The van der Waals surface area contributed by atoms with Gasteiger partial charge in [0.2, 0.25) is 0 Å². The van der Waals surface area contributed by atoms with E-state index in [4.69, 9.17) is 0 Å². The van der Waals surface area contributed by atoms with E-state index in [1.54, 1.807) is 0 Å². The Balaban J connectivity index is 2.70. The van der Waals surface area contributed by atoms with Gasteiger partial charge >= 0.3 is 0 Å². The van der Waals surface area contributed by atoms with Crippen molar-refractivity contribution in [3.8, 4) is 0 Å². The van der Waals surface area contributed by atoms with Crippen molar-refractivity contribution in [3.05, 3.63) is 12.2 Å². The van der Waals surface area contributed by atoms with Crippen LogP contribution in [0.15, 0.2) is 12.2 Å². The number of hydrogen-bond donors (Lipinski definition) is 0. The number of rotatable bonds is 3. The van der Waals surface area contributed by atoms with Gasteiger partial charge in [-0.3, -0.25) is 4.79 Å². The number of Topliss-reactive ketones (excluding diaryl/α,β-unsaturated/α-hetero) is 1. The first-order valence-corrected chi connectivity index (χ1v) is 6.00. The highest BCUT2D eigenvalue weighted by Crippen LogP contribution is 2.41. The van der Waals surface area contributed by atoms with Gasteiger partial charge in [-0.05, 0) is 37.5 Å². The molecule has 0 heterocycles. The molecule has 0 radical (unpaired) electrons. The predicted molar refractivity (Wildman–Crippen MR) is 64.7 cm³/mol. The third-order valence-corrected chi connectivity index (χ3v) is 3.59. The minimum atomic E-state index is 0.100. The van der Waals surface area contributed by atoms with Crippen LogP contribution in [-0.2, 0) is 4.79 Å². The lowest BCUT2D eigenvalue weighted by Gasteiger charge is -2.37. The van der Waals surface area contributed by atoms with Crippen molar-refractivity contribution in [3.63, 3.8) is 0 Å². The van der Waals surface area contributed by atoms with Gasteiger partial charge in [0.25, 0.3) is 0 Å². The summed E-state index contributed by atoms with van der Waals surface area (Å²) in [7, 11) is 0. The van der Waals surface area contributed by atoms with Crippen LogP contribution in [0.25, 0.3) is 0 Å². The zero-order valence-electron chi connectivity index (χ0n) is 10.6. The van der Waals surface area contributed by atoms with E-state index in [0.717, 1.165) is 19.3 Å². The van der Waals surface area contributed by atoms with Crippen LogP contribution in [0, 0.1) is 17.3 Å². The summed E-state index contributed by atoms with van der Waals surface area (Å²) in [6, 6.07) is 0. The number of hydrogen-bond acceptors (Lipinski definition) is 1. The van der Waals surface area contributed by atoms with Crippen molar-refractivity contribution in [2.24, 2.45) is 17.3 Å². The lowest BCUT2D eigenvalue weighted by molar-refractivity contribution is -0.129. The molecule has 1 aliphatic carbocycles. The molecule has 0 aromatic carbocycles. The largest absolute Gasteiger partial charge is 0.299 e. The predicted octanol–water partition coefficient (Wildman–Crippen LogP) is 3.98. The minimum absolute atomic E-state index is 0.100. The SMILES string of the molecule is C=C(C)CC(C)(C)[C@@H]1CC[C@@H](C)CC1=O. The first-order valence-electron chi connectivity index (χ1n) is 6.00. The third kappa shape index (κ3) is 3.19. The fourth-order valence-electron chi connectivity index (χ4n) is 2.93. The van der Waals surface area contributed by atoms with Crippen molar-refractivity contribution in [1.82, 2.24) is 0 Å². The van der Waals surface area contributed by atoms with Crippen molar-refractivity contribution in [2.45, 2.75) is 53.4 Å². The zero-order valence-corrected chi connectivity index (χ0v) is 10.6. The van der Waals surface area contributed by atoms with Crippen LogP contribution in [0.4, 0.5) is 0 Å². The summed E-state index contributed by atoms with van der Waals surface area (Å²) in [5.74, 6) is 1.32. The van der Waals surface area contributed by atoms with E-state index < -0.39 is 0 Å². The third-order valence-electron chi connectivity index (χ3n) is 3.59. The average molecular weight is 208 g/mol. The van der Waals surface area contributed by atoms with Gasteiger partial charge in [0.05, 0.1) is 0 Å². The van der Waals surface area contributed by atoms with Gasteiger partial charge in [-0.15, -0.1) is 6.58 Å². The molecule has 0 bridgehead atoms. The maximum atomic E-state index is 12.0. The standard InChI is InChI=1S/C14H24O/c1-10(2)9-14(4,5)12-7-6-11(3)8-13(12)15/h11-12H,1,6-9H2,2-5H3/t11-,12-/m1/s1. The molecular formula is C14H24O.